The van der Waals surface area contributed by atoms with Gasteiger partial charge in [0.2, 0.25) is 0 Å². The number of H-pyrrole nitrogens is 1. The molecule has 1 unspecified atom stereocenters. The SMILES string of the molecule is CN(C)c1cnc(CC2CCCN(c3ncnc4nc[nH]c34)CC2)cn1. The second kappa shape index (κ2) is 7.23. The zero-order chi connectivity index (χ0) is 17.9. The minimum absolute atomic E-state index is 0.624. The smallest absolute Gasteiger partial charge is 0.182 e. The molecule has 1 atom stereocenters. The highest BCUT2D eigenvalue weighted by atomic mass is 15.2. The highest BCUT2D eigenvalue weighted by Gasteiger charge is 2.21. The molecule has 1 aliphatic rings. The van der Waals surface area contributed by atoms with E-state index in [1.165, 1.54) is 6.42 Å². The third-order valence-corrected chi connectivity index (χ3v) is 5.00. The van der Waals surface area contributed by atoms with Gasteiger partial charge in [0.25, 0.3) is 0 Å². The Balaban J connectivity index is 1.42. The molecule has 8 nitrogen and oxygen atoms in total. The van der Waals surface area contributed by atoms with Gasteiger partial charge in [0.15, 0.2) is 11.5 Å². The van der Waals surface area contributed by atoms with Crippen molar-refractivity contribution in [3.05, 3.63) is 30.7 Å². The number of aromatic nitrogens is 6. The first kappa shape index (κ1) is 16.7. The van der Waals surface area contributed by atoms with E-state index in [1.807, 2.05) is 31.4 Å². The van der Waals surface area contributed by atoms with Crippen molar-refractivity contribution in [1.29, 1.82) is 0 Å². The van der Waals surface area contributed by atoms with Crippen molar-refractivity contribution in [3.63, 3.8) is 0 Å². The van der Waals surface area contributed by atoms with E-state index in [0.717, 1.165) is 60.8 Å². The van der Waals surface area contributed by atoms with E-state index in [9.17, 15) is 0 Å². The average Bonchev–Trinajstić information content (AvgIpc) is 3.02. The zero-order valence-electron chi connectivity index (χ0n) is 15.3. The van der Waals surface area contributed by atoms with Crippen LogP contribution in [0.15, 0.2) is 25.0 Å². The fourth-order valence-electron chi connectivity index (χ4n) is 3.55. The third kappa shape index (κ3) is 3.44. The van der Waals surface area contributed by atoms with Crippen LogP contribution >= 0.6 is 0 Å². The van der Waals surface area contributed by atoms with Gasteiger partial charge in [-0.25, -0.2) is 19.9 Å². The average molecular weight is 352 g/mol. The molecule has 1 aliphatic heterocycles. The van der Waals surface area contributed by atoms with Crippen LogP contribution in [0.4, 0.5) is 11.6 Å². The number of nitrogens with one attached hydrogen (secondary N) is 1. The van der Waals surface area contributed by atoms with Crippen LogP contribution in [0, 0.1) is 5.92 Å². The molecule has 0 radical (unpaired) electrons. The Labute approximate surface area is 152 Å². The standard InChI is InChI=1S/C18H24N8/c1-25(2)15-10-19-14(9-20-15)8-13-4-3-6-26(7-5-13)18-16-17(22-11-21-16)23-12-24-18/h9-13H,3-8H2,1-2H3,(H,21,22,23,24). The molecule has 0 aromatic carbocycles. The van der Waals surface area contributed by atoms with Crippen molar-refractivity contribution >= 4 is 22.8 Å². The summed E-state index contributed by atoms with van der Waals surface area (Å²) in [5.74, 6) is 2.48. The van der Waals surface area contributed by atoms with E-state index in [0.29, 0.717) is 5.92 Å². The molecule has 8 heteroatoms. The van der Waals surface area contributed by atoms with E-state index in [4.69, 9.17) is 0 Å². The number of nitrogens with zero attached hydrogens (tertiary/aromatic N) is 7. The van der Waals surface area contributed by atoms with Crippen LogP contribution in [0.2, 0.25) is 0 Å². The Morgan fingerprint density at radius 2 is 2.00 bits per heavy atom. The van der Waals surface area contributed by atoms with E-state index in [-0.39, 0.29) is 0 Å². The highest BCUT2D eigenvalue weighted by molar-refractivity contribution is 5.82. The summed E-state index contributed by atoms with van der Waals surface area (Å²) in [5, 5.41) is 0. The molecule has 0 saturated carbocycles. The summed E-state index contributed by atoms with van der Waals surface area (Å²) in [4.78, 5) is 29.5. The monoisotopic (exact) mass is 352 g/mol. The van der Waals surface area contributed by atoms with Gasteiger partial charge in [-0.3, -0.25) is 4.98 Å². The molecule has 0 amide bonds. The second-order valence-corrected chi connectivity index (χ2v) is 7.05. The maximum Gasteiger partial charge on any atom is 0.182 e. The van der Waals surface area contributed by atoms with Gasteiger partial charge in [-0.2, -0.15) is 0 Å². The first-order valence-electron chi connectivity index (χ1n) is 9.08. The normalized spacial score (nSPS) is 18.1. The summed E-state index contributed by atoms with van der Waals surface area (Å²) in [7, 11) is 3.96. The molecule has 3 aromatic heterocycles. The van der Waals surface area contributed by atoms with Crippen LogP contribution in [0.1, 0.15) is 25.0 Å². The van der Waals surface area contributed by atoms with Crippen molar-refractivity contribution in [1.82, 2.24) is 29.9 Å². The highest BCUT2D eigenvalue weighted by Crippen LogP contribution is 2.26. The predicted molar refractivity (Wildman–Crippen MR) is 101 cm³/mol. The van der Waals surface area contributed by atoms with E-state index in [1.54, 1.807) is 12.7 Å². The maximum atomic E-state index is 4.58. The number of anilines is 2. The lowest BCUT2D eigenvalue weighted by molar-refractivity contribution is 0.466. The summed E-state index contributed by atoms with van der Waals surface area (Å²) in [6.07, 6.45) is 11.5. The van der Waals surface area contributed by atoms with Crippen LogP contribution in [-0.2, 0) is 6.42 Å². The Kier molecular flexibility index (Phi) is 4.64. The van der Waals surface area contributed by atoms with Gasteiger partial charge >= 0.3 is 0 Å². The summed E-state index contributed by atoms with van der Waals surface area (Å²) in [6.45, 7) is 1.99. The molecule has 26 heavy (non-hydrogen) atoms. The van der Waals surface area contributed by atoms with Crippen molar-refractivity contribution in [3.8, 4) is 0 Å². The van der Waals surface area contributed by atoms with Gasteiger partial charge in [0, 0.05) is 27.2 Å². The Morgan fingerprint density at radius 1 is 1.08 bits per heavy atom. The number of hydrogen-bond acceptors (Lipinski definition) is 7. The Hall–Kier alpha value is -2.77. The van der Waals surface area contributed by atoms with Crippen molar-refractivity contribution in [2.24, 2.45) is 5.92 Å². The van der Waals surface area contributed by atoms with Crippen molar-refractivity contribution in [2.45, 2.75) is 25.7 Å². The fourth-order valence-corrected chi connectivity index (χ4v) is 3.55. The van der Waals surface area contributed by atoms with Crippen LogP contribution in [0.5, 0.6) is 0 Å². The van der Waals surface area contributed by atoms with E-state index >= 15 is 0 Å². The first-order chi connectivity index (χ1) is 12.7. The third-order valence-electron chi connectivity index (χ3n) is 5.00. The number of rotatable bonds is 4. The molecule has 0 aliphatic carbocycles. The lowest BCUT2D eigenvalue weighted by Gasteiger charge is -2.21. The minimum Gasteiger partial charge on any atom is -0.361 e. The largest absolute Gasteiger partial charge is 0.361 e. The Bertz CT molecular complexity index is 857. The van der Waals surface area contributed by atoms with Crippen LogP contribution in [-0.4, -0.2) is 57.1 Å². The molecule has 136 valence electrons. The quantitative estimate of drug-likeness (QED) is 0.769. The molecule has 3 aromatic rings. The molecular formula is C18H24N8. The maximum absolute atomic E-state index is 4.58. The van der Waals surface area contributed by atoms with E-state index in [2.05, 4.69) is 34.8 Å². The number of imidazole rings is 1. The summed E-state index contributed by atoms with van der Waals surface area (Å²) in [6, 6.07) is 0. The zero-order valence-corrected chi connectivity index (χ0v) is 15.3. The summed E-state index contributed by atoms with van der Waals surface area (Å²) >= 11 is 0. The lowest BCUT2D eigenvalue weighted by atomic mass is 9.95. The van der Waals surface area contributed by atoms with Gasteiger partial charge in [-0.05, 0) is 31.6 Å². The first-order valence-corrected chi connectivity index (χ1v) is 9.08. The summed E-state index contributed by atoms with van der Waals surface area (Å²) < 4.78 is 0. The summed E-state index contributed by atoms with van der Waals surface area (Å²) in [5.41, 5.74) is 2.73. The molecule has 4 rings (SSSR count). The van der Waals surface area contributed by atoms with Crippen molar-refractivity contribution in [2.75, 3.05) is 37.0 Å². The van der Waals surface area contributed by atoms with Gasteiger partial charge < -0.3 is 14.8 Å². The van der Waals surface area contributed by atoms with Crippen molar-refractivity contribution < 1.29 is 0 Å². The predicted octanol–water partition coefficient (Wildman–Crippen LogP) is 2.06. The van der Waals surface area contributed by atoms with E-state index < -0.39 is 0 Å². The minimum atomic E-state index is 0.624. The van der Waals surface area contributed by atoms with Gasteiger partial charge in [-0.15, -0.1) is 0 Å². The molecular weight excluding hydrogens is 328 g/mol. The van der Waals surface area contributed by atoms with Crippen LogP contribution in [0.3, 0.4) is 0 Å². The van der Waals surface area contributed by atoms with Gasteiger partial charge in [0.05, 0.1) is 24.4 Å². The number of fused-ring (bicyclic) bond motifs is 1. The van der Waals surface area contributed by atoms with Crippen LogP contribution in [0.25, 0.3) is 11.2 Å². The molecule has 1 fully saturated rings. The van der Waals surface area contributed by atoms with Crippen LogP contribution < -0.4 is 9.80 Å². The molecule has 1 N–H and O–H groups in total. The Morgan fingerprint density at radius 3 is 2.81 bits per heavy atom. The van der Waals surface area contributed by atoms with Gasteiger partial charge in [-0.1, -0.05) is 0 Å². The second-order valence-electron chi connectivity index (χ2n) is 7.05. The van der Waals surface area contributed by atoms with Gasteiger partial charge in [0.1, 0.15) is 17.7 Å². The molecule has 4 heterocycles. The molecule has 0 bridgehead atoms. The lowest BCUT2D eigenvalue weighted by Crippen LogP contribution is -2.25. The molecule has 0 spiro atoms. The number of aromatic amines is 1. The fraction of sp³-hybridized carbons (Fsp3) is 0.500. The topological polar surface area (TPSA) is 86.7 Å². The number of hydrogen-bond donors (Lipinski definition) is 1. The molecule has 1 saturated heterocycles.